The number of hydrogen-bond acceptors (Lipinski definition) is 4. The average Bonchev–Trinajstić information content (AvgIpc) is 2.59. The molecule has 1 amide bonds. The van der Waals surface area contributed by atoms with E-state index in [-0.39, 0.29) is 36.8 Å². The lowest BCUT2D eigenvalue weighted by molar-refractivity contribution is -0.481. The van der Waals surface area contributed by atoms with Crippen LogP contribution in [0.15, 0.2) is 43.0 Å². The van der Waals surface area contributed by atoms with E-state index in [1.807, 2.05) is 6.08 Å². The third-order valence-corrected chi connectivity index (χ3v) is 3.86. The van der Waals surface area contributed by atoms with Crippen molar-refractivity contribution in [3.8, 4) is 5.75 Å². The zero-order chi connectivity index (χ0) is 18.1. The molecular weight excluding hydrogens is 306 g/mol. The van der Waals surface area contributed by atoms with Gasteiger partial charge in [-0.3, -0.25) is 0 Å². The van der Waals surface area contributed by atoms with Gasteiger partial charge in [0.15, 0.2) is 6.04 Å². The normalized spacial score (nSPS) is 14.0. The lowest BCUT2D eigenvalue weighted by Gasteiger charge is -2.16. The average molecular weight is 332 g/mol. The Balaban J connectivity index is 2.85. The molecule has 0 spiro atoms. The van der Waals surface area contributed by atoms with Crippen molar-refractivity contribution in [2.24, 2.45) is 0 Å². The maximum atomic E-state index is 12.2. The summed E-state index contributed by atoms with van der Waals surface area (Å²) in [6.07, 6.45) is 3.89. The Labute approximate surface area is 143 Å². The molecule has 130 valence electrons. The van der Waals surface area contributed by atoms with Crippen molar-refractivity contribution < 1.29 is 24.3 Å². The van der Waals surface area contributed by atoms with E-state index in [1.54, 1.807) is 44.4 Å². The SMILES string of the molecule is C=CC=C(CC(CC(=O)[N+](=C)C(C)CO)OC)c1ccc(O)cc1. The molecule has 1 rings (SSSR count). The standard InChI is InChI=1S/C19H25NO4/c1-5-6-16(15-7-9-17(22)10-8-15)11-18(24-4)12-19(23)20(3)14(2)13-21/h5-10,14,18,21H,1,3,11-13H2,2,4H3/p+1. The van der Waals surface area contributed by atoms with Gasteiger partial charge < -0.3 is 14.9 Å². The lowest BCUT2D eigenvalue weighted by Crippen LogP contribution is -2.33. The highest BCUT2D eigenvalue weighted by atomic mass is 16.5. The fourth-order valence-electron chi connectivity index (χ4n) is 2.24. The van der Waals surface area contributed by atoms with E-state index in [0.29, 0.717) is 6.42 Å². The van der Waals surface area contributed by atoms with E-state index in [2.05, 4.69) is 13.3 Å². The summed E-state index contributed by atoms with van der Waals surface area (Å²) in [7, 11) is 1.56. The number of carbonyl (C=O) groups is 1. The van der Waals surface area contributed by atoms with Crippen molar-refractivity contribution in [1.29, 1.82) is 0 Å². The Bertz CT molecular complexity index is 604. The second-order valence-corrected chi connectivity index (χ2v) is 5.64. The molecule has 2 atom stereocenters. The van der Waals surface area contributed by atoms with Crippen LogP contribution in [0.1, 0.15) is 25.3 Å². The largest absolute Gasteiger partial charge is 0.508 e. The van der Waals surface area contributed by atoms with Gasteiger partial charge in [-0.05, 0) is 29.7 Å². The van der Waals surface area contributed by atoms with Crippen LogP contribution in [0.25, 0.3) is 5.57 Å². The number of rotatable bonds is 9. The molecule has 0 saturated carbocycles. The van der Waals surface area contributed by atoms with Gasteiger partial charge in [0.05, 0.1) is 6.10 Å². The van der Waals surface area contributed by atoms with Crippen molar-refractivity contribution in [1.82, 2.24) is 0 Å². The molecule has 0 saturated heterocycles. The first-order valence-electron chi connectivity index (χ1n) is 7.80. The molecular formula is C19H26NO4+. The van der Waals surface area contributed by atoms with Crippen LogP contribution >= 0.6 is 0 Å². The summed E-state index contributed by atoms with van der Waals surface area (Å²) in [5.41, 5.74) is 1.88. The highest BCUT2D eigenvalue weighted by Crippen LogP contribution is 2.24. The molecule has 1 aromatic carbocycles. The molecule has 0 heterocycles. The Morgan fingerprint density at radius 3 is 2.46 bits per heavy atom. The van der Waals surface area contributed by atoms with Crippen molar-refractivity contribution in [3.63, 3.8) is 0 Å². The minimum atomic E-state index is -0.338. The number of benzene rings is 1. The summed E-state index contributed by atoms with van der Waals surface area (Å²) in [6, 6.07) is 6.50. The van der Waals surface area contributed by atoms with E-state index >= 15 is 0 Å². The highest BCUT2D eigenvalue weighted by molar-refractivity contribution is 5.72. The van der Waals surface area contributed by atoms with E-state index in [1.165, 1.54) is 4.58 Å². The molecule has 2 unspecified atom stereocenters. The van der Waals surface area contributed by atoms with Crippen molar-refractivity contribution in [2.45, 2.75) is 31.9 Å². The summed E-state index contributed by atoms with van der Waals surface area (Å²) in [6.45, 7) is 9.00. The molecule has 0 fully saturated rings. The van der Waals surface area contributed by atoms with Crippen LogP contribution in [-0.2, 0) is 9.53 Å². The van der Waals surface area contributed by atoms with Gasteiger partial charge in [0, 0.05) is 14.0 Å². The molecule has 0 bridgehead atoms. The summed E-state index contributed by atoms with van der Waals surface area (Å²) < 4.78 is 6.73. The molecule has 24 heavy (non-hydrogen) atoms. The number of hydrogen-bond donors (Lipinski definition) is 2. The Morgan fingerprint density at radius 2 is 1.96 bits per heavy atom. The predicted molar refractivity (Wildman–Crippen MR) is 95.2 cm³/mol. The van der Waals surface area contributed by atoms with Gasteiger partial charge in [-0.25, -0.2) is 4.79 Å². The van der Waals surface area contributed by atoms with Gasteiger partial charge in [0.2, 0.25) is 0 Å². The first-order valence-corrected chi connectivity index (χ1v) is 7.80. The van der Waals surface area contributed by atoms with Gasteiger partial charge in [-0.2, -0.15) is 4.58 Å². The maximum Gasteiger partial charge on any atom is 0.389 e. The molecule has 0 aliphatic carbocycles. The number of methoxy groups -OCH3 is 1. The number of ether oxygens (including phenoxy) is 1. The quantitative estimate of drug-likeness (QED) is 0.414. The van der Waals surface area contributed by atoms with Crippen LogP contribution in [0.2, 0.25) is 0 Å². The van der Waals surface area contributed by atoms with E-state index < -0.39 is 0 Å². The Kier molecular flexibility index (Phi) is 8.09. The van der Waals surface area contributed by atoms with Gasteiger partial charge in [0.1, 0.15) is 25.5 Å². The molecule has 2 N–H and O–H groups in total. The van der Waals surface area contributed by atoms with E-state index in [0.717, 1.165) is 11.1 Å². The number of aliphatic hydroxyl groups excluding tert-OH is 1. The second kappa shape index (κ2) is 9.80. The van der Waals surface area contributed by atoms with Gasteiger partial charge in [0.25, 0.3) is 0 Å². The molecule has 0 aromatic heterocycles. The first kappa shape index (κ1) is 19.8. The van der Waals surface area contributed by atoms with E-state index in [4.69, 9.17) is 9.84 Å². The number of phenols is 1. The highest BCUT2D eigenvalue weighted by Gasteiger charge is 2.26. The summed E-state index contributed by atoms with van der Waals surface area (Å²) in [5, 5.41) is 18.5. The first-order chi connectivity index (χ1) is 11.4. The number of aromatic hydroxyl groups is 1. The fraction of sp³-hybridized carbons (Fsp3) is 0.368. The van der Waals surface area contributed by atoms with Crippen LogP contribution in [0.4, 0.5) is 0 Å². The Hall–Kier alpha value is -2.24. The van der Waals surface area contributed by atoms with Crippen molar-refractivity contribution in [3.05, 3.63) is 48.6 Å². The van der Waals surface area contributed by atoms with E-state index in [9.17, 15) is 9.90 Å². The third kappa shape index (κ3) is 5.76. The van der Waals surface area contributed by atoms with Crippen LogP contribution in [0.5, 0.6) is 5.75 Å². The topological polar surface area (TPSA) is 69.8 Å². The zero-order valence-electron chi connectivity index (χ0n) is 14.3. The third-order valence-electron chi connectivity index (χ3n) is 3.86. The van der Waals surface area contributed by atoms with Gasteiger partial charge in [-0.15, -0.1) is 0 Å². The summed E-state index contributed by atoms with van der Waals surface area (Å²) >= 11 is 0. The van der Waals surface area contributed by atoms with Crippen LogP contribution < -0.4 is 0 Å². The smallest absolute Gasteiger partial charge is 0.389 e. The van der Waals surface area contributed by atoms with Gasteiger partial charge in [-0.1, -0.05) is 30.9 Å². The molecule has 0 radical (unpaired) electrons. The molecule has 0 aliphatic rings. The minimum Gasteiger partial charge on any atom is -0.508 e. The molecule has 0 aliphatic heterocycles. The molecule has 1 aromatic rings. The zero-order valence-corrected chi connectivity index (χ0v) is 14.3. The maximum absolute atomic E-state index is 12.2. The number of carbonyl (C=O) groups excluding carboxylic acids is 1. The minimum absolute atomic E-state index is 0.137. The van der Waals surface area contributed by atoms with Crippen molar-refractivity contribution in [2.75, 3.05) is 13.7 Å². The summed E-state index contributed by atoms with van der Waals surface area (Å²) in [4.78, 5) is 12.2. The number of aliphatic hydroxyl groups is 1. The molecule has 5 nitrogen and oxygen atoms in total. The van der Waals surface area contributed by atoms with Crippen molar-refractivity contribution >= 4 is 18.2 Å². The fourth-order valence-corrected chi connectivity index (χ4v) is 2.24. The number of amides is 1. The monoisotopic (exact) mass is 332 g/mol. The number of allylic oxidation sites excluding steroid dienone is 2. The van der Waals surface area contributed by atoms with Crippen LogP contribution in [-0.4, -0.2) is 53.3 Å². The second-order valence-electron chi connectivity index (χ2n) is 5.64. The Morgan fingerprint density at radius 1 is 1.33 bits per heavy atom. The predicted octanol–water partition coefficient (Wildman–Crippen LogP) is 2.38. The van der Waals surface area contributed by atoms with Gasteiger partial charge >= 0.3 is 5.91 Å². The lowest BCUT2D eigenvalue weighted by atomic mass is 9.97. The number of nitrogens with zero attached hydrogens (tertiary/aromatic N) is 1. The van der Waals surface area contributed by atoms with Crippen LogP contribution in [0, 0.1) is 0 Å². The summed E-state index contributed by atoms with van der Waals surface area (Å²) in [5.74, 6) is 0.00734. The molecule has 5 heteroatoms. The number of phenolic OH excluding ortho intramolecular Hbond substituents is 1. The van der Waals surface area contributed by atoms with Crippen LogP contribution in [0.3, 0.4) is 0 Å².